The molecule has 1 heterocycles. The number of nitrogens with zero attached hydrogens (tertiary/aromatic N) is 1. The third-order valence-electron chi connectivity index (χ3n) is 5.50. The Balaban J connectivity index is 1.44. The Hall–Kier alpha value is -2.58. The summed E-state index contributed by atoms with van der Waals surface area (Å²) in [6, 6.07) is 13.3. The van der Waals surface area contributed by atoms with Gasteiger partial charge in [-0.3, -0.25) is 0 Å². The van der Waals surface area contributed by atoms with Gasteiger partial charge in [0.25, 0.3) is 0 Å². The van der Waals surface area contributed by atoms with Crippen LogP contribution in [0.3, 0.4) is 0 Å². The second-order valence-electron chi connectivity index (χ2n) is 8.01. The predicted molar refractivity (Wildman–Crippen MR) is 122 cm³/mol. The number of ether oxygens (including phenoxy) is 1. The van der Waals surface area contributed by atoms with Crippen LogP contribution in [-0.2, 0) is 22.3 Å². The summed E-state index contributed by atoms with van der Waals surface area (Å²) in [5, 5.41) is 2.94. The molecule has 0 spiro atoms. The fraction of sp³-hybridized carbons (Fsp3) is 0.435. The number of amides is 2. The smallest absolute Gasteiger partial charge is 0.317 e. The molecule has 0 bridgehead atoms. The fourth-order valence-electron chi connectivity index (χ4n) is 3.52. The van der Waals surface area contributed by atoms with E-state index in [0.717, 1.165) is 29.7 Å². The molecule has 0 atom stereocenters. The molecule has 7 nitrogen and oxygen atoms in total. The van der Waals surface area contributed by atoms with E-state index >= 15 is 0 Å². The van der Waals surface area contributed by atoms with Gasteiger partial charge in [-0.25, -0.2) is 17.9 Å². The standard InChI is InChI=1S/C23H31N3O4S/c1-17-4-5-18(2)22(14-17)30-21-10-12-26(13-11-21)23(27)25-15-19-6-8-20(9-7-19)16-31(28,29)24-3/h4-9,14,21,24H,10-13,15-16H2,1-3H3,(H,25,27). The van der Waals surface area contributed by atoms with E-state index in [2.05, 4.69) is 35.2 Å². The van der Waals surface area contributed by atoms with Crippen LogP contribution in [0, 0.1) is 13.8 Å². The first kappa shape index (κ1) is 23.1. The number of likely N-dealkylation sites (tertiary alicyclic amines) is 1. The van der Waals surface area contributed by atoms with Crippen LogP contribution in [-0.4, -0.2) is 45.6 Å². The Morgan fingerprint density at radius 3 is 2.35 bits per heavy atom. The van der Waals surface area contributed by atoms with Gasteiger partial charge in [-0.05, 0) is 49.2 Å². The average Bonchev–Trinajstić information content (AvgIpc) is 2.76. The maximum Gasteiger partial charge on any atom is 0.317 e. The van der Waals surface area contributed by atoms with Crippen molar-refractivity contribution in [3.8, 4) is 5.75 Å². The van der Waals surface area contributed by atoms with Crippen molar-refractivity contribution in [3.63, 3.8) is 0 Å². The number of aryl methyl sites for hydroxylation is 2. The van der Waals surface area contributed by atoms with E-state index in [9.17, 15) is 13.2 Å². The van der Waals surface area contributed by atoms with E-state index in [1.807, 2.05) is 24.0 Å². The summed E-state index contributed by atoms with van der Waals surface area (Å²) in [4.78, 5) is 14.3. The van der Waals surface area contributed by atoms with Crippen LogP contribution in [0.1, 0.15) is 35.1 Å². The molecule has 0 saturated carbocycles. The van der Waals surface area contributed by atoms with Crippen molar-refractivity contribution in [2.24, 2.45) is 0 Å². The molecular formula is C23H31N3O4S. The second kappa shape index (κ2) is 10.2. The van der Waals surface area contributed by atoms with E-state index in [1.165, 1.54) is 12.6 Å². The molecule has 31 heavy (non-hydrogen) atoms. The first-order valence-corrected chi connectivity index (χ1v) is 12.2. The maximum absolute atomic E-state index is 12.5. The zero-order valence-electron chi connectivity index (χ0n) is 18.3. The lowest BCUT2D eigenvalue weighted by molar-refractivity contribution is 0.110. The van der Waals surface area contributed by atoms with Gasteiger partial charge < -0.3 is 15.0 Å². The largest absolute Gasteiger partial charge is 0.490 e. The van der Waals surface area contributed by atoms with Crippen LogP contribution in [0.25, 0.3) is 0 Å². The third-order valence-corrected chi connectivity index (χ3v) is 6.84. The summed E-state index contributed by atoms with van der Waals surface area (Å²) in [7, 11) is -1.89. The highest BCUT2D eigenvalue weighted by atomic mass is 32.2. The van der Waals surface area contributed by atoms with E-state index in [4.69, 9.17) is 4.74 Å². The summed E-state index contributed by atoms with van der Waals surface area (Å²) >= 11 is 0. The number of sulfonamides is 1. The van der Waals surface area contributed by atoms with Crippen molar-refractivity contribution in [3.05, 3.63) is 64.7 Å². The minimum Gasteiger partial charge on any atom is -0.490 e. The lowest BCUT2D eigenvalue weighted by Gasteiger charge is -2.32. The SMILES string of the molecule is CNS(=O)(=O)Cc1ccc(CNC(=O)N2CCC(Oc3cc(C)ccc3C)CC2)cc1. The van der Waals surface area contributed by atoms with Crippen molar-refractivity contribution in [2.45, 2.75) is 45.1 Å². The Bertz CT molecular complexity index is 998. The number of piperidine rings is 1. The molecule has 2 aromatic carbocycles. The van der Waals surface area contributed by atoms with Crippen LogP contribution in [0.2, 0.25) is 0 Å². The first-order valence-electron chi connectivity index (χ1n) is 10.5. The summed E-state index contributed by atoms with van der Waals surface area (Å²) in [6.45, 7) is 5.81. The summed E-state index contributed by atoms with van der Waals surface area (Å²) in [5.41, 5.74) is 3.93. The van der Waals surface area contributed by atoms with Crippen molar-refractivity contribution in [2.75, 3.05) is 20.1 Å². The number of urea groups is 1. The summed E-state index contributed by atoms with van der Waals surface area (Å²) < 4.78 is 31.7. The lowest BCUT2D eigenvalue weighted by atomic mass is 10.1. The van der Waals surface area contributed by atoms with E-state index in [-0.39, 0.29) is 17.9 Å². The molecule has 3 rings (SSSR count). The van der Waals surface area contributed by atoms with Gasteiger partial charge in [0.05, 0.1) is 5.75 Å². The molecule has 1 saturated heterocycles. The number of benzene rings is 2. The Kier molecular flexibility index (Phi) is 7.56. The monoisotopic (exact) mass is 445 g/mol. The molecule has 0 aliphatic carbocycles. The molecule has 1 aliphatic heterocycles. The Morgan fingerprint density at radius 2 is 1.71 bits per heavy atom. The molecule has 168 valence electrons. The first-order chi connectivity index (χ1) is 14.8. The topological polar surface area (TPSA) is 87.7 Å². The van der Waals surface area contributed by atoms with E-state index in [0.29, 0.717) is 25.2 Å². The van der Waals surface area contributed by atoms with Gasteiger partial charge in [0, 0.05) is 32.5 Å². The summed E-state index contributed by atoms with van der Waals surface area (Å²) in [6.07, 6.45) is 1.72. The molecule has 2 N–H and O–H groups in total. The van der Waals surface area contributed by atoms with Crippen molar-refractivity contribution in [1.82, 2.24) is 14.9 Å². The van der Waals surface area contributed by atoms with Crippen molar-refractivity contribution < 1.29 is 17.9 Å². The minimum atomic E-state index is -3.29. The average molecular weight is 446 g/mol. The van der Waals surface area contributed by atoms with E-state index in [1.54, 1.807) is 12.1 Å². The van der Waals surface area contributed by atoms with Gasteiger partial charge in [0.1, 0.15) is 11.9 Å². The van der Waals surface area contributed by atoms with Crippen molar-refractivity contribution in [1.29, 1.82) is 0 Å². The highest BCUT2D eigenvalue weighted by Gasteiger charge is 2.24. The number of carbonyl (C=O) groups is 1. The predicted octanol–water partition coefficient (Wildman–Crippen LogP) is 3.11. The third kappa shape index (κ3) is 6.70. The van der Waals surface area contributed by atoms with Crippen LogP contribution in [0.15, 0.2) is 42.5 Å². The summed E-state index contributed by atoms with van der Waals surface area (Å²) in [5.74, 6) is 0.865. The minimum absolute atomic E-state index is 0.0603. The molecule has 0 radical (unpaired) electrons. The van der Waals surface area contributed by atoms with E-state index < -0.39 is 10.0 Å². The Morgan fingerprint density at radius 1 is 1.06 bits per heavy atom. The van der Waals surface area contributed by atoms with Crippen molar-refractivity contribution >= 4 is 16.1 Å². The Labute approximate surface area is 184 Å². The van der Waals surface area contributed by atoms with Gasteiger partial charge in [0.15, 0.2) is 0 Å². The second-order valence-corrected chi connectivity index (χ2v) is 9.94. The number of hydrogen-bond acceptors (Lipinski definition) is 4. The van der Waals surface area contributed by atoms with Gasteiger partial charge in [-0.2, -0.15) is 0 Å². The highest BCUT2D eigenvalue weighted by Crippen LogP contribution is 2.24. The van der Waals surface area contributed by atoms with Gasteiger partial charge in [-0.15, -0.1) is 0 Å². The van der Waals surface area contributed by atoms with Gasteiger partial charge >= 0.3 is 6.03 Å². The molecule has 0 aromatic heterocycles. The molecule has 2 amide bonds. The molecule has 2 aromatic rings. The van der Waals surface area contributed by atoms with Crippen LogP contribution in [0.4, 0.5) is 4.79 Å². The molecule has 8 heteroatoms. The van der Waals surface area contributed by atoms with Crippen LogP contribution < -0.4 is 14.8 Å². The number of hydrogen-bond donors (Lipinski definition) is 2. The molecule has 1 fully saturated rings. The molecular weight excluding hydrogens is 414 g/mol. The molecule has 1 aliphatic rings. The fourth-order valence-corrected chi connectivity index (χ4v) is 4.30. The molecule has 0 unspecified atom stereocenters. The number of rotatable bonds is 7. The van der Waals surface area contributed by atoms with Gasteiger partial charge in [-0.1, -0.05) is 36.4 Å². The number of nitrogens with one attached hydrogen (secondary N) is 2. The zero-order valence-corrected chi connectivity index (χ0v) is 19.2. The highest BCUT2D eigenvalue weighted by molar-refractivity contribution is 7.88. The van der Waals surface area contributed by atoms with Gasteiger partial charge in [0.2, 0.25) is 10.0 Å². The quantitative estimate of drug-likeness (QED) is 0.686. The maximum atomic E-state index is 12.5. The zero-order chi connectivity index (χ0) is 22.4. The number of carbonyl (C=O) groups excluding carboxylic acids is 1. The normalized spacial score (nSPS) is 15.0. The lowest BCUT2D eigenvalue weighted by Crippen LogP contribution is -2.46. The van der Waals surface area contributed by atoms with Crippen LogP contribution in [0.5, 0.6) is 5.75 Å². The van der Waals surface area contributed by atoms with Crippen LogP contribution >= 0.6 is 0 Å².